The highest BCUT2D eigenvalue weighted by atomic mass is 16.3. The van der Waals surface area contributed by atoms with E-state index in [0.717, 1.165) is 4.90 Å². The Morgan fingerprint density at radius 1 is 1.47 bits per heavy atom. The van der Waals surface area contributed by atoms with Crippen molar-refractivity contribution < 1.29 is 19.5 Å². The molecule has 0 aromatic carbocycles. The molecule has 0 aromatic heterocycles. The van der Waals surface area contributed by atoms with Crippen LogP contribution in [0.25, 0.3) is 0 Å². The number of carbonyl (C=O) groups is 3. The van der Waals surface area contributed by atoms with Gasteiger partial charge < -0.3 is 15.7 Å². The zero-order valence-electron chi connectivity index (χ0n) is 11.5. The van der Waals surface area contributed by atoms with Gasteiger partial charge in [0.2, 0.25) is 5.91 Å². The number of nitrogens with zero attached hydrogens (tertiary/aromatic N) is 1. The highest BCUT2D eigenvalue weighted by molar-refractivity contribution is 6.08. The Hall–Kier alpha value is -1.63. The van der Waals surface area contributed by atoms with Gasteiger partial charge in [-0.15, -0.1) is 0 Å². The van der Waals surface area contributed by atoms with Crippen LogP contribution in [0.1, 0.15) is 33.6 Å². The molecule has 7 heteroatoms. The van der Waals surface area contributed by atoms with Crippen LogP contribution in [-0.2, 0) is 9.59 Å². The van der Waals surface area contributed by atoms with E-state index in [1.165, 1.54) is 0 Å². The Morgan fingerprint density at radius 3 is 2.53 bits per heavy atom. The molecule has 0 saturated carbocycles. The summed E-state index contributed by atoms with van der Waals surface area (Å²) in [6, 6.07) is -0.910. The average Bonchev–Trinajstić information content (AvgIpc) is 2.60. The maximum absolute atomic E-state index is 12.0. The number of carbonyl (C=O) groups excluding carboxylic acids is 3. The third kappa shape index (κ3) is 3.23. The third-order valence-electron chi connectivity index (χ3n) is 3.43. The van der Waals surface area contributed by atoms with Crippen LogP contribution in [0.3, 0.4) is 0 Å². The number of nitrogens with one attached hydrogen (secondary N) is 2. The molecule has 0 aromatic rings. The Morgan fingerprint density at radius 2 is 2.11 bits per heavy atom. The molecule has 7 nitrogen and oxygen atoms in total. The van der Waals surface area contributed by atoms with E-state index in [1.54, 1.807) is 13.8 Å². The van der Waals surface area contributed by atoms with Crippen LogP contribution in [0.15, 0.2) is 0 Å². The number of aliphatic hydroxyl groups is 1. The van der Waals surface area contributed by atoms with E-state index in [-0.39, 0.29) is 19.2 Å². The van der Waals surface area contributed by atoms with Crippen molar-refractivity contribution in [3.05, 3.63) is 0 Å². The van der Waals surface area contributed by atoms with E-state index in [9.17, 15) is 14.4 Å². The lowest BCUT2D eigenvalue weighted by Crippen LogP contribution is -2.46. The summed E-state index contributed by atoms with van der Waals surface area (Å²) in [6.45, 7) is 4.75. The lowest BCUT2D eigenvalue weighted by Gasteiger charge is -2.20. The molecule has 19 heavy (non-hydrogen) atoms. The molecule has 0 spiro atoms. The molecule has 108 valence electrons. The molecule has 1 saturated heterocycles. The third-order valence-corrected chi connectivity index (χ3v) is 3.43. The van der Waals surface area contributed by atoms with Gasteiger partial charge in [0, 0.05) is 0 Å². The Labute approximate surface area is 112 Å². The first-order valence-corrected chi connectivity index (χ1v) is 6.42. The number of urea groups is 1. The summed E-state index contributed by atoms with van der Waals surface area (Å²) in [5.74, 6) is -0.850. The second-order valence-corrected chi connectivity index (χ2v) is 4.86. The molecule has 1 unspecified atom stereocenters. The van der Waals surface area contributed by atoms with Gasteiger partial charge in [0.15, 0.2) is 0 Å². The van der Waals surface area contributed by atoms with Gasteiger partial charge >= 0.3 is 6.03 Å². The highest BCUT2D eigenvalue weighted by Gasteiger charge is 2.46. The summed E-state index contributed by atoms with van der Waals surface area (Å²) < 4.78 is 0. The smallest absolute Gasteiger partial charge is 0.325 e. The Balaban J connectivity index is 2.65. The lowest BCUT2D eigenvalue weighted by atomic mass is 9.99. The minimum atomic E-state index is -0.932. The molecule has 1 aliphatic heterocycles. The van der Waals surface area contributed by atoms with Crippen LogP contribution >= 0.6 is 0 Å². The first-order valence-electron chi connectivity index (χ1n) is 6.42. The quantitative estimate of drug-likeness (QED) is 0.572. The first kappa shape index (κ1) is 15.4. The van der Waals surface area contributed by atoms with Crippen LogP contribution < -0.4 is 10.6 Å². The average molecular weight is 271 g/mol. The van der Waals surface area contributed by atoms with Gasteiger partial charge in [0.1, 0.15) is 12.1 Å². The van der Waals surface area contributed by atoms with E-state index < -0.39 is 23.4 Å². The normalized spacial score (nSPS) is 24.3. The standard InChI is InChI=1S/C12H21N3O4/c1-4-8(7-16)13-9(17)6-15-10(18)12(3,5-2)14-11(15)19/h8,16H,4-7H2,1-3H3,(H,13,17)(H,14,19)/t8-,12?/m0/s1. The van der Waals surface area contributed by atoms with Crippen molar-refractivity contribution in [2.24, 2.45) is 0 Å². The molecule has 0 aliphatic carbocycles. The highest BCUT2D eigenvalue weighted by Crippen LogP contribution is 2.20. The summed E-state index contributed by atoms with van der Waals surface area (Å²) in [7, 11) is 0. The fourth-order valence-electron chi connectivity index (χ4n) is 1.82. The van der Waals surface area contributed by atoms with Crippen LogP contribution in [0.2, 0.25) is 0 Å². The molecule has 1 heterocycles. The monoisotopic (exact) mass is 271 g/mol. The van der Waals surface area contributed by atoms with E-state index in [2.05, 4.69) is 10.6 Å². The fourth-order valence-corrected chi connectivity index (χ4v) is 1.82. The predicted molar refractivity (Wildman–Crippen MR) is 68.2 cm³/mol. The largest absolute Gasteiger partial charge is 0.394 e. The zero-order chi connectivity index (χ0) is 14.6. The second kappa shape index (κ2) is 6.01. The van der Waals surface area contributed by atoms with Gasteiger partial charge in [0.05, 0.1) is 12.6 Å². The van der Waals surface area contributed by atoms with Gasteiger partial charge in [-0.1, -0.05) is 13.8 Å². The van der Waals surface area contributed by atoms with Crippen molar-refractivity contribution in [2.45, 2.75) is 45.2 Å². The van der Waals surface area contributed by atoms with Crippen LogP contribution in [-0.4, -0.2) is 52.6 Å². The number of amides is 4. The first-order chi connectivity index (χ1) is 8.87. The predicted octanol–water partition coefficient (Wildman–Crippen LogP) is -0.406. The van der Waals surface area contributed by atoms with E-state index in [4.69, 9.17) is 5.11 Å². The molecule has 0 bridgehead atoms. The molecular weight excluding hydrogens is 250 g/mol. The molecule has 1 aliphatic rings. The van der Waals surface area contributed by atoms with Crippen molar-refractivity contribution in [2.75, 3.05) is 13.2 Å². The van der Waals surface area contributed by atoms with Crippen LogP contribution in [0.5, 0.6) is 0 Å². The fraction of sp³-hybridized carbons (Fsp3) is 0.750. The van der Waals surface area contributed by atoms with E-state index >= 15 is 0 Å². The van der Waals surface area contributed by atoms with Crippen molar-refractivity contribution in [3.63, 3.8) is 0 Å². The molecular formula is C12H21N3O4. The molecule has 0 radical (unpaired) electrons. The van der Waals surface area contributed by atoms with E-state index in [1.807, 2.05) is 6.92 Å². The van der Waals surface area contributed by atoms with Crippen molar-refractivity contribution in [1.29, 1.82) is 0 Å². The molecule has 4 amide bonds. The Kier molecular flexibility index (Phi) is 4.88. The Bertz CT molecular complexity index is 381. The molecule has 3 N–H and O–H groups in total. The lowest BCUT2D eigenvalue weighted by molar-refractivity contribution is -0.134. The van der Waals surface area contributed by atoms with Gasteiger partial charge in [-0.25, -0.2) is 4.79 Å². The summed E-state index contributed by atoms with van der Waals surface area (Å²) in [5.41, 5.74) is -0.932. The topological polar surface area (TPSA) is 98.7 Å². The van der Waals surface area contributed by atoms with Crippen LogP contribution in [0.4, 0.5) is 4.79 Å². The molecule has 2 atom stereocenters. The van der Waals surface area contributed by atoms with Crippen molar-refractivity contribution in [1.82, 2.24) is 15.5 Å². The van der Waals surface area contributed by atoms with Crippen LogP contribution in [0, 0.1) is 0 Å². The summed E-state index contributed by atoms with van der Waals surface area (Å²) in [5, 5.41) is 14.1. The van der Waals surface area contributed by atoms with Crippen molar-refractivity contribution >= 4 is 17.8 Å². The number of hydrogen-bond acceptors (Lipinski definition) is 4. The SMILES string of the molecule is CC[C@@H](CO)NC(=O)CN1C(=O)NC(C)(CC)C1=O. The van der Waals surface area contributed by atoms with Crippen molar-refractivity contribution in [3.8, 4) is 0 Å². The maximum atomic E-state index is 12.0. The summed E-state index contributed by atoms with van der Waals surface area (Å²) >= 11 is 0. The molecule has 1 rings (SSSR count). The van der Waals surface area contributed by atoms with Gasteiger partial charge in [-0.2, -0.15) is 0 Å². The second-order valence-electron chi connectivity index (χ2n) is 4.86. The number of aliphatic hydroxyl groups excluding tert-OH is 1. The summed E-state index contributed by atoms with van der Waals surface area (Å²) in [4.78, 5) is 36.4. The zero-order valence-corrected chi connectivity index (χ0v) is 11.5. The summed E-state index contributed by atoms with van der Waals surface area (Å²) in [6.07, 6.45) is 1.04. The minimum absolute atomic E-state index is 0.172. The van der Waals surface area contributed by atoms with Gasteiger partial charge in [-0.05, 0) is 19.8 Å². The maximum Gasteiger partial charge on any atom is 0.325 e. The number of imide groups is 1. The minimum Gasteiger partial charge on any atom is -0.394 e. The van der Waals surface area contributed by atoms with E-state index in [0.29, 0.717) is 12.8 Å². The molecule has 1 fully saturated rings. The van der Waals surface area contributed by atoms with Gasteiger partial charge in [0.25, 0.3) is 5.91 Å². The van der Waals surface area contributed by atoms with Gasteiger partial charge in [-0.3, -0.25) is 14.5 Å². The number of hydrogen-bond donors (Lipinski definition) is 3. The number of rotatable bonds is 6.